The fourth-order valence-corrected chi connectivity index (χ4v) is 3.84. The van der Waals surface area contributed by atoms with Crippen molar-refractivity contribution < 1.29 is 19.4 Å². The molecule has 1 amide bonds. The Labute approximate surface area is 145 Å². The van der Waals surface area contributed by atoms with Gasteiger partial charge >= 0.3 is 5.97 Å². The quantitative estimate of drug-likeness (QED) is 0.565. The number of benzene rings is 1. The van der Waals surface area contributed by atoms with E-state index in [1.807, 2.05) is 0 Å². The number of amides is 1. The van der Waals surface area contributed by atoms with Gasteiger partial charge in [-0.05, 0) is 69.7 Å². The largest absolute Gasteiger partial charge is 0.424 e. The van der Waals surface area contributed by atoms with Gasteiger partial charge in [0, 0.05) is 18.5 Å². The van der Waals surface area contributed by atoms with Crippen LogP contribution >= 0.6 is 31.9 Å². The molecular weight excluding hydrogens is 418 g/mol. The highest BCUT2D eigenvalue weighted by Crippen LogP contribution is 2.35. The topological polar surface area (TPSA) is 75.6 Å². The van der Waals surface area contributed by atoms with Gasteiger partial charge in [0.15, 0.2) is 5.75 Å². The van der Waals surface area contributed by atoms with Crippen LogP contribution in [0.15, 0.2) is 21.1 Å². The highest BCUT2D eigenvalue weighted by Gasteiger charge is 2.23. The molecule has 1 aromatic rings. The normalized spacial score (nSPS) is 21.3. The number of rotatable bonds is 3. The summed E-state index contributed by atoms with van der Waals surface area (Å²) in [7, 11) is 0. The minimum atomic E-state index is -0.435. The van der Waals surface area contributed by atoms with Crippen molar-refractivity contribution in [2.75, 3.05) is 0 Å². The fourth-order valence-electron chi connectivity index (χ4n) is 2.50. The third kappa shape index (κ3) is 4.54. The van der Waals surface area contributed by atoms with E-state index in [-0.39, 0.29) is 18.1 Å². The van der Waals surface area contributed by atoms with Crippen molar-refractivity contribution in [3.63, 3.8) is 0 Å². The summed E-state index contributed by atoms with van der Waals surface area (Å²) in [6.07, 6.45) is 2.81. The molecule has 1 aromatic carbocycles. The van der Waals surface area contributed by atoms with Crippen molar-refractivity contribution in [3.8, 4) is 5.75 Å². The molecule has 5 nitrogen and oxygen atoms in total. The van der Waals surface area contributed by atoms with Gasteiger partial charge in [-0.3, -0.25) is 9.59 Å². The lowest BCUT2D eigenvalue weighted by Gasteiger charge is -2.26. The molecule has 7 heteroatoms. The molecule has 1 aliphatic carbocycles. The Morgan fingerprint density at radius 2 is 1.91 bits per heavy atom. The zero-order valence-corrected chi connectivity index (χ0v) is 15.2. The Morgan fingerprint density at radius 1 is 1.27 bits per heavy atom. The number of aliphatic hydroxyl groups is 1. The minimum Gasteiger partial charge on any atom is -0.424 e. The molecular formula is C15H17Br2NO4. The third-order valence-electron chi connectivity index (χ3n) is 3.49. The van der Waals surface area contributed by atoms with E-state index in [4.69, 9.17) is 4.74 Å². The first-order valence-corrected chi connectivity index (χ1v) is 8.62. The third-order valence-corrected chi connectivity index (χ3v) is 4.67. The molecule has 0 aliphatic heterocycles. The number of hydrogen-bond donors (Lipinski definition) is 2. The van der Waals surface area contributed by atoms with Gasteiger partial charge in [0.1, 0.15) is 0 Å². The van der Waals surface area contributed by atoms with Crippen LogP contribution in [0.5, 0.6) is 5.75 Å². The van der Waals surface area contributed by atoms with Gasteiger partial charge in [-0.25, -0.2) is 0 Å². The monoisotopic (exact) mass is 433 g/mol. The summed E-state index contributed by atoms with van der Waals surface area (Å²) in [5.74, 6) is -0.304. The van der Waals surface area contributed by atoms with Crippen molar-refractivity contribution in [1.82, 2.24) is 5.32 Å². The number of ether oxygens (including phenoxy) is 1. The van der Waals surface area contributed by atoms with E-state index in [1.165, 1.54) is 6.92 Å². The average Bonchev–Trinajstić information content (AvgIpc) is 2.42. The Kier molecular flexibility index (Phi) is 6.00. The van der Waals surface area contributed by atoms with E-state index in [9.17, 15) is 14.7 Å². The molecule has 0 saturated heterocycles. The SMILES string of the molecule is CC(=O)Oc1c(Br)cc(C(=O)N[C@H]2CCC[C@H](O)C2)cc1Br. The van der Waals surface area contributed by atoms with Gasteiger partial charge in [0.25, 0.3) is 5.91 Å². The predicted molar refractivity (Wildman–Crippen MR) is 88.9 cm³/mol. The van der Waals surface area contributed by atoms with Crippen molar-refractivity contribution in [1.29, 1.82) is 0 Å². The smallest absolute Gasteiger partial charge is 0.308 e. The molecule has 0 heterocycles. The summed E-state index contributed by atoms with van der Waals surface area (Å²) in [4.78, 5) is 23.4. The number of esters is 1. The van der Waals surface area contributed by atoms with Crippen LogP contribution in [0.1, 0.15) is 43.0 Å². The highest BCUT2D eigenvalue weighted by atomic mass is 79.9. The number of carbonyl (C=O) groups excluding carboxylic acids is 2. The summed E-state index contributed by atoms with van der Waals surface area (Å²) >= 11 is 6.60. The van der Waals surface area contributed by atoms with E-state index in [2.05, 4.69) is 37.2 Å². The van der Waals surface area contributed by atoms with E-state index >= 15 is 0 Å². The molecule has 2 atom stereocenters. The molecule has 0 bridgehead atoms. The van der Waals surface area contributed by atoms with Gasteiger partial charge in [0.2, 0.25) is 0 Å². The number of halogens is 2. The van der Waals surface area contributed by atoms with Crippen LogP contribution in [-0.4, -0.2) is 29.1 Å². The molecule has 120 valence electrons. The van der Waals surface area contributed by atoms with E-state index < -0.39 is 5.97 Å². The van der Waals surface area contributed by atoms with Gasteiger partial charge < -0.3 is 15.2 Å². The second-order valence-electron chi connectivity index (χ2n) is 5.35. The summed E-state index contributed by atoms with van der Waals surface area (Å²) in [6, 6.07) is 3.21. The van der Waals surface area contributed by atoms with Gasteiger partial charge in [0.05, 0.1) is 15.0 Å². The lowest BCUT2D eigenvalue weighted by molar-refractivity contribution is -0.131. The zero-order chi connectivity index (χ0) is 16.3. The Morgan fingerprint density at radius 3 is 2.45 bits per heavy atom. The number of aliphatic hydroxyl groups excluding tert-OH is 1. The van der Waals surface area contributed by atoms with E-state index in [1.54, 1.807) is 12.1 Å². The molecule has 0 unspecified atom stereocenters. The van der Waals surface area contributed by atoms with E-state index in [0.29, 0.717) is 26.7 Å². The molecule has 1 saturated carbocycles. The van der Waals surface area contributed by atoms with Crippen LogP contribution in [0.4, 0.5) is 0 Å². The molecule has 2 N–H and O–H groups in total. The lowest BCUT2D eigenvalue weighted by atomic mass is 9.93. The van der Waals surface area contributed by atoms with Crippen molar-refractivity contribution in [2.24, 2.45) is 0 Å². The van der Waals surface area contributed by atoms with Gasteiger partial charge in [-0.2, -0.15) is 0 Å². The fraction of sp³-hybridized carbons (Fsp3) is 0.467. The molecule has 1 fully saturated rings. The molecule has 0 spiro atoms. The summed E-state index contributed by atoms with van der Waals surface area (Å²) < 4.78 is 6.12. The highest BCUT2D eigenvalue weighted by molar-refractivity contribution is 9.11. The molecule has 0 radical (unpaired) electrons. The van der Waals surface area contributed by atoms with Crippen LogP contribution in [0.25, 0.3) is 0 Å². The molecule has 0 aromatic heterocycles. The first kappa shape index (κ1) is 17.4. The van der Waals surface area contributed by atoms with Crippen LogP contribution in [0, 0.1) is 0 Å². The van der Waals surface area contributed by atoms with Crippen molar-refractivity contribution in [2.45, 2.75) is 44.8 Å². The van der Waals surface area contributed by atoms with Gasteiger partial charge in [-0.1, -0.05) is 0 Å². The maximum Gasteiger partial charge on any atom is 0.308 e. The Bertz CT molecular complexity index is 568. The summed E-state index contributed by atoms with van der Waals surface area (Å²) in [5, 5.41) is 12.6. The first-order valence-electron chi connectivity index (χ1n) is 7.03. The zero-order valence-electron chi connectivity index (χ0n) is 12.1. The average molecular weight is 435 g/mol. The maximum atomic E-state index is 12.3. The first-order chi connectivity index (χ1) is 10.4. The summed E-state index contributed by atoms with van der Waals surface area (Å²) in [5.41, 5.74) is 0.453. The van der Waals surface area contributed by atoms with Crippen LogP contribution in [0.3, 0.4) is 0 Å². The van der Waals surface area contributed by atoms with Crippen molar-refractivity contribution >= 4 is 43.7 Å². The summed E-state index contributed by atoms with van der Waals surface area (Å²) in [6.45, 7) is 1.31. The Hall–Kier alpha value is -0.920. The van der Waals surface area contributed by atoms with Crippen LogP contribution < -0.4 is 10.1 Å². The lowest BCUT2D eigenvalue weighted by Crippen LogP contribution is -2.39. The number of hydrogen-bond acceptors (Lipinski definition) is 4. The molecule has 22 heavy (non-hydrogen) atoms. The number of nitrogens with one attached hydrogen (secondary N) is 1. The number of carbonyl (C=O) groups is 2. The van der Waals surface area contributed by atoms with E-state index in [0.717, 1.165) is 19.3 Å². The van der Waals surface area contributed by atoms with Crippen LogP contribution in [0.2, 0.25) is 0 Å². The molecule has 1 aliphatic rings. The minimum absolute atomic E-state index is 0.0121. The second kappa shape index (κ2) is 7.57. The van der Waals surface area contributed by atoms with Crippen molar-refractivity contribution in [3.05, 3.63) is 26.6 Å². The molecule has 2 rings (SSSR count). The second-order valence-corrected chi connectivity index (χ2v) is 7.06. The van der Waals surface area contributed by atoms with Gasteiger partial charge in [-0.15, -0.1) is 0 Å². The predicted octanol–water partition coefficient (Wildman–Crippen LogP) is 3.17. The Balaban J connectivity index is 2.11. The maximum absolute atomic E-state index is 12.3. The standard InChI is InChI=1S/C15H17Br2NO4/c1-8(19)22-14-12(16)5-9(6-13(14)17)15(21)18-10-3-2-4-11(20)7-10/h5-6,10-11,20H,2-4,7H2,1H3,(H,18,21)/t10-,11-/m0/s1. The van der Waals surface area contributed by atoms with Crippen LogP contribution in [-0.2, 0) is 4.79 Å².